The summed E-state index contributed by atoms with van der Waals surface area (Å²) in [7, 11) is 1.54. The summed E-state index contributed by atoms with van der Waals surface area (Å²) in [6.07, 6.45) is 1.62. The first kappa shape index (κ1) is 19.9. The lowest BCUT2D eigenvalue weighted by Gasteiger charge is -2.45. The Morgan fingerprint density at radius 3 is 2.60 bits per heavy atom. The number of carbonyl (C=O) groups is 2. The molecule has 0 saturated carbocycles. The highest BCUT2D eigenvalue weighted by Crippen LogP contribution is 2.37. The average Bonchev–Trinajstić information content (AvgIpc) is 2.46. The van der Waals surface area contributed by atoms with Crippen LogP contribution in [0.4, 0.5) is 13.6 Å². The Morgan fingerprint density at radius 1 is 1.36 bits per heavy atom. The molecule has 25 heavy (non-hydrogen) atoms. The molecule has 0 aromatic rings. The highest BCUT2D eigenvalue weighted by molar-refractivity contribution is 9.10. The lowest BCUT2D eigenvalue weighted by Crippen LogP contribution is -2.62. The number of hydrogen-bond acceptors (Lipinski definition) is 3. The standard InChI is InChI=1S/C17H23BrF2N2O3/c1-17(2,3)25-16(24)21-13-8-11(18)15(23)22(4)14(13)10-7-9(19)5-6-12(10)20/h5-6,10-11,13-14H,7-8H2,1-4H3,(H,21,24)/t10?,11?,13?,14-/m1/s1. The zero-order valence-electron chi connectivity index (χ0n) is 14.7. The maximum Gasteiger partial charge on any atom is 0.407 e. The van der Waals surface area contributed by atoms with Gasteiger partial charge in [0.1, 0.15) is 17.3 Å². The molecule has 1 aliphatic heterocycles. The molecular formula is C17H23BrF2N2O3. The third-order valence-corrected chi connectivity index (χ3v) is 5.01. The molecule has 3 unspecified atom stereocenters. The lowest BCUT2D eigenvalue weighted by molar-refractivity contribution is -0.136. The summed E-state index contributed by atoms with van der Waals surface area (Å²) < 4.78 is 33.3. The largest absolute Gasteiger partial charge is 0.444 e. The number of nitrogens with one attached hydrogen (secondary N) is 1. The van der Waals surface area contributed by atoms with E-state index in [1.54, 1.807) is 20.8 Å². The fourth-order valence-electron chi connectivity index (χ4n) is 3.21. The highest BCUT2D eigenvalue weighted by atomic mass is 79.9. The van der Waals surface area contributed by atoms with Crippen molar-refractivity contribution in [3.8, 4) is 0 Å². The maximum atomic E-state index is 14.3. The predicted molar refractivity (Wildman–Crippen MR) is 93.5 cm³/mol. The summed E-state index contributed by atoms with van der Waals surface area (Å²) in [4.78, 5) is 25.3. The molecule has 0 aromatic heterocycles. The topological polar surface area (TPSA) is 58.6 Å². The summed E-state index contributed by atoms with van der Waals surface area (Å²) in [5, 5.41) is 2.72. The van der Waals surface area contributed by atoms with Gasteiger partial charge in [0.25, 0.3) is 0 Å². The minimum Gasteiger partial charge on any atom is -0.444 e. The molecule has 0 bridgehead atoms. The fraction of sp³-hybridized carbons (Fsp3) is 0.647. The molecule has 2 amide bonds. The zero-order valence-corrected chi connectivity index (χ0v) is 16.3. The Bertz CT molecular complexity index is 616. The molecule has 1 N–H and O–H groups in total. The third-order valence-electron chi connectivity index (χ3n) is 4.24. The fourth-order valence-corrected chi connectivity index (χ4v) is 3.93. The third kappa shape index (κ3) is 4.80. The normalized spacial score (nSPS) is 30.5. The van der Waals surface area contributed by atoms with Crippen molar-refractivity contribution in [2.24, 2.45) is 5.92 Å². The summed E-state index contributed by atoms with van der Waals surface area (Å²) in [5.74, 6) is -2.03. The van der Waals surface area contributed by atoms with Gasteiger partial charge in [0.15, 0.2) is 0 Å². The van der Waals surface area contributed by atoms with Crippen molar-refractivity contribution in [3.63, 3.8) is 0 Å². The molecule has 8 heteroatoms. The number of alkyl halides is 1. The Hall–Kier alpha value is -1.44. The van der Waals surface area contributed by atoms with Gasteiger partial charge in [-0.15, -0.1) is 0 Å². The van der Waals surface area contributed by atoms with Crippen molar-refractivity contribution in [1.82, 2.24) is 10.2 Å². The van der Waals surface area contributed by atoms with Crippen molar-refractivity contribution in [3.05, 3.63) is 23.8 Å². The van der Waals surface area contributed by atoms with E-state index >= 15 is 0 Å². The van der Waals surface area contributed by atoms with Crippen LogP contribution in [0.1, 0.15) is 33.6 Å². The SMILES string of the molecule is CN1C(=O)C(Br)CC(NC(=O)OC(C)(C)C)[C@H]1C1CC(F)=CC=C1F. The van der Waals surface area contributed by atoms with Gasteiger partial charge in [-0.05, 0) is 39.3 Å². The molecule has 140 valence electrons. The molecule has 1 heterocycles. The summed E-state index contributed by atoms with van der Waals surface area (Å²) >= 11 is 3.29. The minimum atomic E-state index is -0.848. The number of amides is 2. The average molecular weight is 421 g/mol. The van der Waals surface area contributed by atoms with E-state index in [0.29, 0.717) is 0 Å². The van der Waals surface area contributed by atoms with Gasteiger partial charge in [-0.1, -0.05) is 15.9 Å². The van der Waals surface area contributed by atoms with Gasteiger partial charge in [0, 0.05) is 19.4 Å². The molecule has 0 aromatic carbocycles. The smallest absolute Gasteiger partial charge is 0.407 e. The number of nitrogens with zero attached hydrogens (tertiary/aromatic N) is 1. The number of carbonyl (C=O) groups excluding carboxylic acids is 2. The summed E-state index contributed by atoms with van der Waals surface area (Å²) in [6, 6.07) is -1.28. The van der Waals surface area contributed by atoms with Crippen molar-refractivity contribution in [2.45, 2.75) is 56.1 Å². The molecule has 0 spiro atoms. The van der Waals surface area contributed by atoms with E-state index in [1.165, 1.54) is 11.9 Å². The van der Waals surface area contributed by atoms with Crippen LogP contribution in [0.2, 0.25) is 0 Å². The highest BCUT2D eigenvalue weighted by Gasteiger charge is 2.45. The predicted octanol–water partition coefficient (Wildman–Crippen LogP) is 3.60. The molecule has 1 aliphatic carbocycles. The summed E-state index contributed by atoms with van der Waals surface area (Å²) in [5.41, 5.74) is -0.686. The molecule has 2 rings (SSSR count). The van der Waals surface area contributed by atoms with Crippen LogP contribution in [0.15, 0.2) is 23.8 Å². The van der Waals surface area contributed by atoms with Gasteiger partial charge in [0.05, 0.1) is 16.9 Å². The monoisotopic (exact) mass is 420 g/mol. The van der Waals surface area contributed by atoms with Crippen LogP contribution < -0.4 is 5.32 Å². The van der Waals surface area contributed by atoms with Crippen molar-refractivity contribution in [1.29, 1.82) is 0 Å². The number of allylic oxidation sites excluding steroid dienone is 3. The number of likely N-dealkylation sites (N-methyl/N-ethyl adjacent to an activating group) is 1. The van der Waals surface area contributed by atoms with Gasteiger partial charge >= 0.3 is 6.09 Å². The first-order chi connectivity index (χ1) is 11.5. The van der Waals surface area contributed by atoms with Crippen LogP contribution in [0.3, 0.4) is 0 Å². The number of piperidine rings is 1. The van der Waals surface area contributed by atoms with E-state index in [0.717, 1.165) is 12.2 Å². The Morgan fingerprint density at radius 2 is 2.00 bits per heavy atom. The van der Waals surface area contributed by atoms with Crippen LogP contribution in [0, 0.1) is 5.92 Å². The van der Waals surface area contributed by atoms with Crippen LogP contribution in [0.5, 0.6) is 0 Å². The van der Waals surface area contributed by atoms with Gasteiger partial charge < -0.3 is 15.0 Å². The molecule has 4 atom stereocenters. The molecule has 1 fully saturated rings. The number of ether oxygens (including phenoxy) is 1. The zero-order chi connectivity index (χ0) is 18.9. The van der Waals surface area contributed by atoms with Crippen LogP contribution in [-0.2, 0) is 9.53 Å². The maximum absolute atomic E-state index is 14.3. The van der Waals surface area contributed by atoms with Crippen molar-refractivity contribution >= 4 is 27.9 Å². The molecule has 2 aliphatic rings. The van der Waals surface area contributed by atoms with Gasteiger partial charge in [-0.3, -0.25) is 4.79 Å². The van der Waals surface area contributed by atoms with Crippen molar-refractivity contribution < 1.29 is 23.1 Å². The van der Waals surface area contributed by atoms with E-state index < -0.39 is 46.2 Å². The quantitative estimate of drug-likeness (QED) is 0.694. The van der Waals surface area contributed by atoms with Gasteiger partial charge in [-0.2, -0.15) is 0 Å². The minimum absolute atomic E-state index is 0.149. The first-order valence-corrected chi connectivity index (χ1v) is 9.03. The number of alkyl carbamates (subject to hydrolysis) is 1. The van der Waals surface area contributed by atoms with E-state index in [2.05, 4.69) is 21.2 Å². The lowest BCUT2D eigenvalue weighted by atomic mass is 9.81. The van der Waals surface area contributed by atoms with Crippen LogP contribution in [-0.4, -0.2) is 46.5 Å². The van der Waals surface area contributed by atoms with Crippen molar-refractivity contribution in [2.75, 3.05) is 7.05 Å². The van der Waals surface area contributed by atoms with Gasteiger partial charge in [0.2, 0.25) is 5.91 Å². The number of rotatable bonds is 2. The first-order valence-electron chi connectivity index (χ1n) is 8.11. The Labute approximate surface area is 154 Å². The second kappa shape index (κ2) is 7.43. The van der Waals surface area contributed by atoms with E-state index in [-0.39, 0.29) is 18.7 Å². The Balaban J connectivity index is 2.24. The van der Waals surface area contributed by atoms with E-state index in [1.807, 2.05) is 0 Å². The van der Waals surface area contributed by atoms with E-state index in [9.17, 15) is 18.4 Å². The number of likely N-dealkylation sites (tertiary alicyclic amines) is 1. The second-order valence-corrected chi connectivity index (χ2v) is 8.48. The molecule has 0 radical (unpaired) electrons. The van der Waals surface area contributed by atoms with Crippen LogP contribution in [0.25, 0.3) is 0 Å². The molecule has 1 saturated heterocycles. The summed E-state index contributed by atoms with van der Waals surface area (Å²) in [6.45, 7) is 5.20. The van der Waals surface area contributed by atoms with Gasteiger partial charge in [-0.25, -0.2) is 13.6 Å². The molecular weight excluding hydrogens is 398 g/mol. The number of hydrogen-bond donors (Lipinski definition) is 1. The van der Waals surface area contributed by atoms with E-state index in [4.69, 9.17) is 4.74 Å². The van der Waals surface area contributed by atoms with Crippen LogP contribution >= 0.6 is 15.9 Å². The second-order valence-electron chi connectivity index (χ2n) is 7.37. The Kier molecular flexibility index (Phi) is 5.91. The number of halogens is 3. The molecule has 5 nitrogen and oxygen atoms in total.